The van der Waals surface area contributed by atoms with E-state index < -0.39 is 0 Å². The van der Waals surface area contributed by atoms with Gasteiger partial charge < -0.3 is 11.1 Å². The van der Waals surface area contributed by atoms with Crippen LogP contribution < -0.4 is 16.7 Å². The molecule has 7 nitrogen and oxygen atoms in total. The molecule has 3 rings (SSSR count). The van der Waals surface area contributed by atoms with Crippen LogP contribution in [0.3, 0.4) is 0 Å². The van der Waals surface area contributed by atoms with E-state index >= 15 is 0 Å². The van der Waals surface area contributed by atoms with Crippen molar-refractivity contribution < 1.29 is 0 Å². The highest BCUT2D eigenvalue weighted by atomic mass is 16.1. The number of nitrogens with zero attached hydrogens (tertiary/aromatic N) is 3. The lowest BCUT2D eigenvalue weighted by Crippen LogP contribution is -2.10. The summed E-state index contributed by atoms with van der Waals surface area (Å²) >= 11 is 0. The number of H-pyrrole nitrogens is 1. The first-order chi connectivity index (χ1) is 9.22. The lowest BCUT2D eigenvalue weighted by atomic mass is 10.2. The molecular weight excluding hydrogens is 244 g/mol. The van der Waals surface area contributed by atoms with Crippen LogP contribution in [0.5, 0.6) is 0 Å². The standard InChI is InChI=1S/C12H12N6O/c13-9-3-1-2-8(4-9)6-14-10-5-11-16-17-12(19)18(11)7-15-10/h1-5,7,14H,6,13H2,(H,17,19). The van der Waals surface area contributed by atoms with Crippen molar-refractivity contribution in [2.45, 2.75) is 6.54 Å². The van der Waals surface area contributed by atoms with Crippen molar-refractivity contribution in [3.63, 3.8) is 0 Å². The summed E-state index contributed by atoms with van der Waals surface area (Å²) in [6.07, 6.45) is 1.43. The van der Waals surface area contributed by atoms with Gasteiger partial charge in [0.2, 0.25) is 0 Å². The summed E-state index contributed by atoms with van der Waals surface area (Å²) in [7, 11) is 0. The van der Waals surface area contributed by atoms with E-state index in [0.717, 1.165) is 11.3 Å². The molecule has 0 bridgehead atoms. The Kier molecular flexibility index (Phi) is 2.64. The molecule has 1 aromatic carbocycles. The zero-order chi connectivity index (χ0) is 13.2. The molecule has 0 unspecified atom stereocenters. The van der Waals surface area contributed by atoms with Crippen LogP contribution in [0.15, 0.2) is 41.5 Å². The molecule has 2 aromatic heterocycles. The van der Waals surface area contributed by atoms with E-state index in [2.05, 4.69) is 20.5 Å². The van der Waals surface area contributed by atoms with Gasteiger partial charge in [-0.3, -0.25) is 0 Å². The van der Waals surface area contributed by atoms with Crippen LogP contribution in [-0.4, -0.2) is 19.6 Å². The number of fused-ring (bicyclic) bond motifs is 1. The number of aromatic amines is 1. The van der Waals surface area contributed by atoms with Gasteiger partial charge in [-0.15, -0.1) is 0 Å². The number of hydrogen-bond acceptors (Lipinski definition) is 5. The van der Waals surface area contributed by atoms with Crippen molar-refractivity contribution in [3.8, 4) is 0 Å². The van der Waals surface area contributed by atoms with Gasteiger partial charge >= 0.3 is 5.69 Å². The highest BCUT2D eigenvalue weighted by Crippen LogP contribution is 2.10. The molecule has 4 N–H and O–H groups in total. The molecule has 0 aliphatic heterocycles. The van der Waals surface area contributed by atoms with Gasteiger partial charge in [-0.25, -0.2) is 19.3 Å². The van der Waals surface area contributed by atoms with Crippen LogP contribution in [0.4, 0.5) is 11.5 Å². The van der Waals surface area contributed by atoms with Gasteiger partial charge in [0.15, 0.2) is 5.65 Å². The molecule has 2 heterocycles. The molecule has 7 heteroatoms. The average Bonchev–Trinajstić information content (AvgIpc) is 2.78. The Balaban J connectivity index is 1.80. The molecule has 0 aliphatic rings. The molecule has 0 amide bonds. The second kappa shape index (κ2) is 4.45. The largest absolute Gasteiger partial charge is 0.399 e. The molecule has 96 valence electrons. The molecule has 0 fully saturated rings. The van der Waals surface area contributed by atoms with E-state index in [-0.39, 0.29) is 5.69 Å². The third-order valence-electron chi connectivity index (χ3n) is 2.73. The van der Waals surface area contributed by atoms with Crippen molar-refractivity contribution in [2.24, 2.45) is 0 Å². The van der Waals surface area contributed by atoms with E-state index in [1.807, 2.05) is 24.3 Å². The van der Waals surface area contributed by atoms with Crippen LogP contribution in [0.1, 0.15) is 5.56 Å². The Bertz CT molecular complexity index is 775. The first-order valence-corrected chi connectivity index (χ1v) is 5.73. The zero-order valence-corrected chi connectivity index (χ0v) is 10.00. The fourth-order valence-corrected chi connectivity index (χ4v) is 1.80. The van der Waals surface area contributed by atoms with Crippen molar-refractivity contribution in [2.75, 3.05) is 11.1 Å². The minimum atomic E-state index is -0.301. The van der Waals surface area contributed by atoms with Crippen molar-refractivity contribution >= 4 is 17.2 Å². The lowest BCUT2D eigenvalue weighted by Gasteiger charge is -2.06. The van der Waals surface area contributed by atoms with Crippen LogP contribution in [0.2, 0.25) is 0 Å². The number of nitrogens with two attached hydrogens (primary N) is 1. The number of hydrogen-bond donors (Lipinski definition) is 3. The molecule has 3 aromatic rings. The van der Waals surface area contributed by atoms with Crippen molar-refractivity contribution in [1.82, 2.24) is 19.6 Å². The van der Waals surface area contributed by atoms with Gasteiger partial charge in [-0.2, -0.15) is 5.10 Å². The fraction of sp³-hybridized carbons (Fsp3) is 0.0833. The summed E-state index contributed by atoms with van der Waals surface area (Å²) in [6.45, 7) is 0.600. The third kappa shape index (κ3) is 2.25. The van der Waals surface area contributed by atoms with Crippen LogP contribution >= 0.6 is 0 Å². The Morgan fingerprint density at radius 1 is 1.37 bits per heavy atom. The topological polar surface area (TPSA) is 101 Å². The summed E-state index contributed by atoms with van der Waals surface area (Å²) in [5.41, 5.74) is 7.71. The van der Waals surface area contributed by atoms with Gasteiger partial charge in [-0.1, -0.05) is 12.1 Å². The quantitative estimate of drug-likeness (QED) is 0.596. The molecule has 0 atom stereocenters. The summed E-state index contributed by atoms with van der Waals surface area (Å²) < 4.78 is 1.34. The van der Waals surface area contributed by atoms with E-state index in [0.29, 0.717) is 18.0 Å². The Morgan fingerprint density at radius 3 is 3.11 bits per heavy atom. The van der Waals surface area contributed by atoms with Gasteiger partial charge in [0.25, 0.3) is 0 Å². The second-order valence-corrected chi connectivity index (χ2v) is 4.13. The molecule has 0 saturated carbocycles. The van der Waals surface area contributed by atoms with Crippen LogP contribution in [0.25, 0.3) is 5.65 Å². The van der Waals surface area contributed by atoms with E-state index in [9.17, 15) is 4.79 Å². The molecule has 0 aliphatic carbocycles. The van der Waals surface area contributed by atoms with E-state index in [4.69, 9.17) is 5.73 Å². The maximum Gasteiger partial charge on any atom is 0.348 e. The molecule has 0 radical (unpaired) electrons. The maximum absolute atomic E-state index is 11.3. The molecule has 19 heavy (non-hydrogen) atoms. The third-order valence-corrected chi connectivity index (χ3v) is 2.73. The summed E-state index contributed by atoms with van der Waals surface area (Å²) in [4.78, 5) is 15.4. The average molecular weight is 256 g/mol. The zero-order valence-electron chi connectivity index (χ0n) is 10.00. The van der Waals surface area contributed by atoms with E-state index in [1.165, 1.54) is 10.7 Å². The summed E-state index contributed by atoms with van der Waals surface area (Å²) in [5.74, 6) is 0.647. The number of benzene rings is 1. The minimum absolute atomic E-state index is 0.301. The maximum atomic E-state index is 11.3. The predicted octanol–water partition coefficient (Wildman–Crippen LogP) is 0.612. The fourth-order valence-electron chi connectivity index (χ4n) is 1.80. The predicted molar refractivity (Wildman–Crippen MR) is 71.8 cm³/mol. The number of aromatic nitrogens is 4. The Labute approximate surface area is 108 Å². The Hall–Kier alpha value is -2.83. The number of nitrogens with one attached hydrogen (secondary N) is 2. The first kappa shape index (κ1) is 11.3. The van der Waals surface area contributed by atoms with Crippen molar-refractivity contribution in [3.05, 3.63) is 52.7 Å². The molecule has 0 spiro atoms. The first-order valence-electron chi connectivity index (χ1n) is 5.73. The molecular formula is C12H12N6O. The van der Waals surface area contributed by atoms with Gasteiger partial charge in [-0.05, 0) is 17.7 Å². The smallest absolute Gasteiger partial charge is 0.348 e. The molecule has 0 saturated heterocycles. The highest BCUT2D eigenvalue weighted by molar-refractivity contribution is 5.49. The minimum Gasteiger partial charge on any atom is -0.399 e. The highest BCUT2D eigenvalue weighted by Gasteiger charge is 2.02. The number of rotatable bonds is 3. The van der Waals surface area contributed by atoms with E-state index in [1.54, 1.807) is 6.07 Å². The van der Waals surface area contributed by atoms with Gasteiger partial charge in [0.05, 0.1) is 0 Å². The summed E-state index contributed by atoms with van der Waals surface area (Å²) in [6, 6.07) is 9.30. The van der Waals surface area contributed by atoms with Crippen LogP contribution in [0, 0.1) is 0 Å². The SMILES string of the molecule is Nc1cccc(CNc2cc3n[nH]c(=O)n3cn2)c1. The monoisotopic (exact) mass is 256 g/mol. The number of nitrogen functional groups attached to an aromatic ring is 1. The normalized spacial score (nSPS) is 10.7. The van der Waals surface area contributed by atoms with Gasteiger partial charge in [0.1, 0.15) is 12.1 Å². The second-order valence-electron chi connectivity index (χ2n) is 4.13. The summed E-state index contributed by atoms with van der Waals surface area (Å²) in [5, 5.41) is 9.39. The van der Waals surface area contributed by atoms with Gasteiger partial charge in [0, 0.05) is 18.3 Å². The van der Waals surface area contributed by atoms with Crippen LogP contribution in [-0.2, 0) is 6.54 Å². The Morgan fingerprint density at radius 2 is 2.26 bits per heavy atom. The van der Waals surface area contributed by atoms with Crippen molar-refractivity contribution in [1.29, 1.82) is 0 Å². The lowest BCUT2D eigenvalue weighted by molar-refractivity contribution is 0.990. The number of anilines is 2.